The highest BCUT2D eigenvalue weighted by Gasteiger charge is 2.38. The van der Waals surface area contributed by atoms with Gasteiger partial charge in [0.25, 0.3) is 0 Å². The van der Waals surface area contributed by atoms with Gasteiger partial charge in [-0.15, -0.1) is 0 Å². The van der Waals surface area contributed by atoms with E-state index < -0.39 is 11.8 Å². The molecule has 0 amide bonds. The van der Waals surface area contributed by atoms with Gasteiger partial charge in [0.15, 0.2) is 5.79 Å². The number of rotatable bonds is 5. The van der Waals surface area contributed by atoms with Gasteiger partial charge >= 0.3 is 5.97 Å². The van der Waals surface area contributed by atoms with E-state index in [4.69, 9.17) is 14.2 Å². The lowest BCUT2D eigenvalue weighted by atomic mass is 10.1. The summed E-state index contributed by atoms with van der Waals surface area (Å²) in [6.45, 7) is 4.51. The van der Waals surface area contributed by atoms with Crippen molar-refractivity contribution < 1.29 is 23.8 Å². The maximum Gasteiger partial charge on any atom is 0.311 e. The fraction of sp³-hybridized carbons (Fsp3) is 0.818. The maximum absolute atomic E-state index is 11.4. The van der Waals surface area contributed by atoms with Crippen LogP contribution in [0.15, 0.2) is 0 Å². The summed E-state index contributed by atoms with van der Waals surface area (Å²) >= 11 is 0. The minimum Gasteiger partial charge on any atom is -0.466 e. The van der Waals surface area contributed by atoms with Crippen molar-refractivity contribution >= 4 is 11.8 Å². The number of esters is 1. The van der Waals surface area contributed by atoms with E-state index in [0.717, 1.165) is 6.42 Å². The Kier molecular flexibility index (Phi) is 4.89. The quantitative estimate of drug-likeness (QED) is 0.661. The van der Waals surface area contributed by atoms with Crippen LogP contribution < -0.4 is 0 Å². The fourth-order valence-corrected chi connectivity index (χ4v) is 1.69. The molecule has 0 atom stereocenters. The molecule has 1 heterocycles. The second kappa shape index (κ2) is 5.96. The predicted molar refractivity (Wildman–Crippen MR) is 55.8 cm³/mol. The smallest absolute Gasteiger partial charge is 0.311 e. The van der Waals surface area contributed by atoms with Gasteiger partial charge in [-0.25, -0.2) is 0 Å². The Morgan fingerprint density at radius 2 is 1.88 bits per heavy atom. The predicted octanol–water partition coefficient (Wildman–Crippen LogP) is 1.05. The van der Waals surface area contributed by atoms with Gasteiger partial charge in [-0.1, -0.05) is 0 Å². The van der Waals surface area contributed by atoms with Crippen molar-refractivity contribution in [1.82, 2.24) is 0 Å². The lowest BCUT2D eigenvalue weighted by molar-refractivity contribution is -0.269. The lowest BCUT2D eigenvalue weighted by Crippen LogP contribution is -2.44. The minimum atomic E-state index is -1.10. The first-order valence-corrected chi connectivity index (χ1v) is 5.51. The number of Topliss-reactive ketones (excluding diaryl/α,β-unsaturated/α-hetero) is 1. The summed E-state index contributed by atoms with van der Waals surface area (Å²) in [5.41, 5.74) is 0. The van der Waals surface area contributed by atoms with Crippen molar-refractivity contribution in [3.63, 3.8) is 0 Å². The summed E-state index contributed by atoms with van der Waals surface area (Å²) in [5, 5.41) is 0. The standard InChI is InChI=1S/C11H18O5/c1-3-14-10(13)8-11(7-9(2)12)15-5-4-6-16-11/h3-8H2,1-2H3. The molecule has 1 rings (SSSR count). The van der Waals surface area contributed by atoms with Gasteiger partial charge in [-0.2, -0.15) is 0 Å². The molecule has 1 aliphatic heterocycles. The van der Waals surface area contributed by atoms with Crippen LogP contribution in [-0.2, 0) is 23.8 Å². The van der Waals surface area contributed by atoms with E-state index >= 15 is 0 Å². The maximum atomic E-state index is 11.4. The van der Waals surface area contributed by atoms with E-state index in [-0.39, 0.29) is 18.6 Å². The average Bonchev–Trinajstić information content (AvgIpc) is 2.17. The van der Waals surface area contributed by atoms with Crippen molar-refractivity contribution in [1.29, 1.82) is 0 Å². The molecule has 0 aromatic rings. The zero-order valence-corrected chi connectivity index (χ0v) is 9.78. The van der Waals surface area contributed by atoms with Crippen molar-refractivity contribution in [2.45, 2.75) is 38.9 Å². The third-order valence-electron chi connectivity index (χ3n) is 2.26. The van der Waals surface area contributed by atoms with Gasteiger partial charge in [0.05, 0.1) is 26.2 Å². The Morgan fingerprint density at radius 1 is 1.25 bits per heavy atom. The highest BCUT2D eigenvalue weighted by Crippen LogP contribution is 2.27. The third-order valence-corrected chi connectivity index (χ3v) is 2.26. The van der Waals surface area contributed by atoms with Crippen LogP contribution in [0.1, 0.15) is 33.1 Å². The lowest BCUT2D eigenvalue weighted by Gasteiger charge is -2.35. The highest BCUT2D eigenvalue weighted by molar-refractivity contribution is 5.78. The monoisotopic (exact) mass is 230 g/mol. The van der Waals surface area contributed by atoms with Gasteiger partial charge < -0.3 is 14.2 Å². The van der Waals surface area contributed by atoms with Gasteiger partial charge in [0.2, 0.25) is 0 Å². The largest absolute Gasteiger partial charge is 0.466 e. The second-order valence-electron chi connectivity index (χ2n) is 3.82. The zero-order chi connectivity index (χ0) is 12.0. The summed E-state index contributed by atoms with van der Waals surface area (Å²) in [6.07, 6.45) is 0.842. The first kappa shape index (κ1) is 13.1. The summed E-state index contributed by atoms with van der Waals surface area (Å²) in [4.78, 5) is 22.5. The molecule has 0 aliphatic carbocycles. The minimum absolute atomic E-state index is 0.0274. The number of carbonyl (C=O) groups is 2. The SMILES string of the molecule is CCOC(=O)CC1(CC(C)=O)OCCCO1. The Hall–Kier alpha value is -0.940. The van der Waals surface area contributed by atoms with Crippen LogP contribution in [0, 0.1) is 0 Å². The Bertz CT molecular complexity index is 255. The van der Waals surface area contributed by atoms with Gasteiger partial charge in [-0.3, -0.25) is 9.59 Å². The molecular formula is C11H18O5. The normalized spacial score (nSPS) is 19.1. The third kappa shape index (κ3) is 3.90. The number of hydrogen-bond acceptors (Lipinski definition) is 5. The molecule has 0 unspecified atom stereocenters. The molecule has 1 aliphatic rings. The Labute approximate surface area is 95.0 Å². The first-order valence-electron chi connectivity index (χ1n) is 5.51. The van der Waals surface area contributed by atoms with E-state index in [0.29, 0.717) is 19.8 Å². The van der Waals surface area contributed by atoms with Crippen LogP contribution >= 0.6 is 0 Å². The van der Waals surface area contributed by atoms with E-state index in [1.165, 1.54) is 6.92 Å². The summed E-state index contributed by atoms with van der Waals surface area (Å²) in [5.74, 6) is -1.56. The molecule has 0 aromatic carbocycles. The second-order valence-corrected chi connectivity index (χ2v) is 3.82. The van der Waals surface area contributed by atoms with Crippen LogP contribution in [0.25, 0.3) is 0 Å². The zero-order valence-electron chi connectivity index (χ0n) is 9.78. The van der Waals surface area contributed by atoms with Crippen molar-refractivity contribution in [3.05, 3.63) is 0 Å². The molecular weight excluding hydrogens is 212 g/mol. The molecule has 0 spiro atoms. The van der Waals surface area contributed by atoms with Crippen LogP contribution in [0.3, 0.4) is 0 Å². The molecule has 1 saturated heterocycles. The van der Waals surface area contributed by atoms with E-state index in [1.54, 1.807) is 6.92 Å². The molecule has 0 radical (unpaired) electrons. The van der Waals surface area contributed by atoms with Crippen molar-refractivity contribution in [3.8, 4) is 0 Å². The number of ether oxygens (including phenoxy) is 3. The Morgan fingerprint density at radius 3 is 2.38 bits per heavy atom. The van der Waals surface area contributed by atoms with Crippen molar-refractivity contribution in [2.75, 3.05) is 19.8 Å². The summed E-state index contributed by atoms with van der Waals surface area (Å²) in [7, 11) is 0. The van der Waals surface area contributed by atoms with Gasteiger partial charge in [0.1, 0.15) is 12.2 Å². The number of carbonyl (C=O) groups excluding carboxylic acids is 2. The van der Waals surface area contributed by atoms with E-state index in [2.05, 4.69) is 0 Å². The fourth-order valence-electron chi connectivity index (χ4n) is 1.69. The van der Waals surface area contributed by atoms with Gasteiger partial charge in [0, 0.05) is 0 Å². The van der Waals surface area contributed by atoms with Crippen LogP contribution in [-0.4, -0.2) is 37.4 Å². The molecule has 92 valence electrons. The molecule has 0 bridgehead atoms. The summed E-state index contributed by atoms with van der Waals surface area (Å²) < 4.78 is 15.7. The molecule has 0 aromatic heterocycles. The molecule has 1 fully saturated rings. The Balaban J connectivity index is 2.62. The first-order chi connectivity index (χ1) is 7.58. The number of ketones is 1. The van der Waals surface area contributed by atoms with E-state index in [1.807, 2.05) is 0 Å². The average molecular weight is 230 g/mol. The molecule has 5 heteroatoms. The number of hydrogen-bond donors (Lipinski definition) is 0. The highest BCUT2D eigenvalue weighted by atomic mass is 16.7. The summed E-state index contributed by atoms with van der Waals surface area (Å²) in [6, 6.07) is 0. The van der Waals surface area contributed by atoms with Crippen LogP contribution in [0.5, 0.6) is 0 Å². The topological polar surface area (TPSA) is 61.8 Å². The van der Waals surface area contributed by atoms with Gasteiger partial charge in [-0.05, 0) is 20.3 Å². The molecule has 16 heavy (non-hydrogen) atoms. The van der Waals surface area contributed by atoms with Crippen LogP contribution in [0.2, 0.25) is 0 Å². The van der Waals surface area contributed by atoms with Crippen LogP contribution in [0.4, 0.5) is 0 Å². The molecule has 5 nitrogen and oxygen atoms in total. The van der Waals surface area contributed by atoms with Crippen molar-refractivity contribution in [2.24, 2.45) is 0 Å². The molecule has 0 saturated carbocycles. The molecule has 0 N–H and O–H groups in total. The van der Waals surface area contributed by atoms with E-state index in [9.17, 15) is 9.59 Å².